The van der Waals surface area contributed by atoms with Crippen molar-refractivity contribution in [3.8, 4) is 0 Å². The van der Waals surface area contributed by atoms with Crippen LogP contribution in [0.2, 0.25) is 0 Å². The van der Waals surface area contributed by atoms with Crippen molar-refractivity contribution in [2.24, 2.45) is 0 Å². The first kappa shape index (κ1) is 12.5. The molecule has 3 nitrogen and oxygen atoms in total. The number of aliphatic hydroxyl groups is 1. The zero-order valence-electron chi connectivity index (χ0n) is 10.2. The van der Waals surface area contributed by atoms with Crippen LogP contribution in [0.15, 0.2) is 18.2 Å². The maximum atomic E-state index is 13.3. The van der Waals surface area contributed by atoms with Crippen LogP contribution in [0.5, 0.6) is 0 Å². The molecule has 1 aliphatic heterocycles. The van der Waals surface area contributed by atoms with Crippen molar-refractivity contribution >= 4 is 0 Å². The summed E-state index contributed by atoms with van der Waals surface area (Å²) in [6.07, 6.45) is -1.05. The minimum absolute atomic E-state index is 0.282. The molecule has 1 N–H and O–H groups in total. The van der Waals surface area contributed by atoms with Gasteiger partial charge in [0.15, 0.2) is 0 Å². The quantitative estimate of drug-likeness (QED) is 0.849. The van der Waals surface area contributed by atoms with Crippen LogP contribution in [0.3, 0.4) is 0 Å². The number of ether oxygens (including phenoxy) is 1. The van der Waals surface area contributed by atoms with Gasteiger partial charge in [-0.1, -0.05) is 6.07 Å². The lowest BCUT2D eigenvalue weighted by Gasteiger charge is -2.33. The van der Waals surface area contributed by atoms with Crippen LogP contribution < -0.4 is 0 Å². The van der Waals surface area contributed by atoms with Crippen LogP contribution in [-0.2, 0) is 4.74 Å². The fourth-order valence-electron chi connectivity index (χ4n) is 2.15. The van der Waals surface area contributed by atoms with Gasteiger partial charge in [0.1, 0.15) is 18.0 Å². The Labute approximate surface area is 101 Å². The third kappa shape index (κ3) is 3.03. The maximum Gasteiger partial charge on any atom is 0.123 e. The summed E-state index contributed by atoms with van der Waals surface area (Å²) < 4.78 is 18.8. The molecule has 2 atom stereocenters. The molecule has 1 fully saturated rings. The number of hydrogen-bond acceptors (Lipinski definition) is 3. The summed E-state index contributed by atoms with van der Waals surface area (Å²) in [4.78, 5) is 2.10. The summed E-state index contributed by atoms with van der Waals surface area (Å²) in [6.45, 7) is 3.95. The number of halogens is 1. The van der Waals surface area contributed by atoms with Gasteiger partial charge in [-0.25, -0.2) is 4.39 Å². The fourth-order valence-corrected chi connectivity index (χ4v) is 2.15. The molecule has 0 spiro atoms. The van der Waals surface area contributed by atoms with Gasteiger partial charge in [0, 0.05) is 13.1 Å². The molecule has 1 aliphatic rings. The van der Waals surface area contributed by atoms with Crippen molar-refractivity contribution in [1.29, 1.82) is 0 Å². The highest BCUT2D eigenvalue weighted by Gasteiger charge is 2.26. The van der Waals surface area contributed by atoms with Crippen LogP contribution in [-0.4, -0.2) is 42.9 Å². The smallest absolute Gasteiger partial charge is 0.123 e. The summed E-state index contributed by atoms with van der Waals surface area (Å²) in [5, 5.41) is 10.2. The van der Waals surface area contributed by atoms with E-state index in [1.807, 2.05) is 14.0 Å². The molecule has 0 aromatic heterocycles. The van der Waals surface area contributed by atoms with E-state index >= 15 is 0 Å². The highest BCUT2D eigenvalue weighted by atomic mass is 19.1. The van der Waals surface area contributed by atoms with Crippen molar-refractivity contribution in [3.63, 3.8) is 0 Å². The summed E-state index contributed by atoms with van der Waals surface area (Å²) in [7, 11) is 1.99. The van der Waals surface area contributed by atoms with Crippen LogP contribution in [0.1, 0.15) is 17.2 Å². The molecule has 17 heavy (non-hydrogen) atoms. The molecule has 4 heteroatoms. The Bertz CT molecular complexity index is 377. The molecule has 1 aromatic carbocycles. The van der Waals surface area contributed by atoms with Crippen LogP contribution in [0.4, 0.5) is 4.39 Å². The number of aliphatic hydroxyl groups excluding tert-OH is 1. The number of morpholine rings is 1. The maximum absolute atomic E-state index is 13.3. The molecule has 1 aromatic rings. The second-order valence-corrected chi connectivity index (χ2v) is 4.68. The van der Waals surface area contributed by atoms with E-state index in [4.69, 9.17) is 4.74 Å². The first-order valence-corrected chi connectivity index (χ1v) is 5.81. The Morgan fingerprint density at radius 2 is 2.24 bits per heavy atom. The Morgan fingerprint density at radius 1 is 1.47 bits per heavy atom. The van der Waals surface area contributed by atoms with E-state index in [0.717, 1.165) is 12.1 Å². The average Bonchev–Trinajstić information content (AvgIpc) is 2.26. The number of rotatable bonds is 2. The fraction of sp³-hybridized carbons (Fsp3) is 0.538. The molecular formula is C13H18FNO2. The lowest BCUT2D eigenvalue weighted by molar-refractivity contribution is -0.0845. The van der Waals surface area contributed by atoms with E-state index in [0.29, 0.717) is 18.7 Å². The molecule has 0 amide bonds. The van der Waals surface area contributed by atoms with Gasteiger partial charge < -0.3 is 14.7 Å². The predicted molar refractivity (Wildman–Crippen MR) is 63.3 cm³/mol. The molecule has 0 aliphatic carbocycles. The van der Waals surface area contributed by atoms with Gasteiger partial charge in [-0.2, -0.15) is 0 Å². The molecule has 2 rings (SSSR count). The summed E-state index contributed by atoms with van der Waals surface area (Å²) in [6, 6.07) is 4.62. The Balaban J connectivity index is 2.15. The number of aryl methyl sites for hydroxylation is 1. The predicted octanol–water partition coefficient (Wildman–Crippen LogP) is 1.50. The summed E-state index contributed by atoms with van der Waals surface area (Å²) in [5.74, 6) is -0.316. The first-order chi connectivity index (χ1) is 8.06. The molecule has 2 unspecified atom stereocenters. The normalized spacial score (nSPS) is 23.6. The number of hydrogen-bond donors (Lipinski definition) is 1. The Kier molecular flexibility index (Phi) is 3.76. The van der Waals surface area contributed by atoms with Gasteiger partial charge in [0.05, 0.1) is 6.61 Å². The summed E-state index contributed by atoms with van der Waals surface area (Å²) >= 11 is 0. The lowest BCUT2D eigenvalue weighted by Crippen LogP contribution is -2.43. The highest BCUT2D eigenvalue weighted by molar-refractivity contribution is 5.26. The van der Waals surface area contributed by atoms with E-state index in [1.165, 1.54) is 12.1 Å². The topological polar surface area (TPSA) is 32.7 Å². The Morgan fingerprint density at radius 3 is 2.88 bits per heavy atom. The summed E-state index contributed by atoms with van der Waals surface area (Å²) in [5.41, 5.74) is 1.39. The molecular weight excluding hydrogens is 221 g/mol. The zero-order chi connectivity index (χ0) is 12.4. The minimum Gasteiger partial charge on any atom is -0.386 e. The van der Waals surface area contributed by atoms with E-state index < -0.39 is 6.10 Å². The van der Waals surface area contributed by atoms with Gasteiger partial charge >= 0.3 is 0 Å². The van der Waals surface area contributed by atoms with Gasteiger partial charge in [-0.3, -0.25) is 0 Å². The van der Waals surface area contributed by atoms with Gasteiger partial charge in [-0.05, 0) is 37.2 Å². The van der Waals surface area contributed by atoms with Crippen LogP contribution in [0, 0.1) is 12.7 Å². The number of benzene rings is 1. The van der Waals surface area contributed by atoms with E-state index in [1.54, 1.807) is 6.07 Å². The third-order valence-electron chi connectivity index (χ3n) is 3.05. The van der Waals surface area contributed by atoms with Gasteiger partial charge in [0.2, 0.25) is 0 Å². The van der Waals surface area contributed by atoms with Crippen molar-refractivity contribution in [3.05, 3.63) is 35.1 Å². The van der Waals surface area contributed by atoms with Crippen molar-refractivity contribution in [2.45, 2.75) is 19.1 Å². The van der Waals surface area contributed by atoms with E-state index in [-0.39, 0.29) is 11.9 Å². The number of likely N-dealkylation sites (N-methyl/N-ethyl adjacent to an activating group) is 1. The first-order valence-electron chi connectivity index (χ1n) is 5.81. The number of nitrogens with zero attached hydrogens (tertiary/aromatic N) is 1. The molecule has 0 radical (unpaired) electrons. The minimum atomic E-state index is -0.771. The zero-order valence-corrected chi connectivity index (χ0v) is 10.2. The van der Waals surface area contributed by atoms with Gasteiger partial charge in [-0.15, -0.1) is 0 Å². The monoisotopic (exact) mass is 239 g/mol. The largest absolute Gasteiger partial charge is 0.386 e. The molecule has 0 bridgehead atoms. The average molecular weight is 239 g/mol. The van der Waals surface area contributed by atoms with E-state index in [9.17, 15) is 9.50 Å². The molecule has 94 valence electrons. The SMILES string of the molecule is Cc1cc(F)cc(C(O)C2CN(C)CCO2)c1. The second-order valence-electron chi connectivity index (χ2n) is 4.68. The molecule has 1 saturated heterocycles. The van der Waals surface area contributed by atoms with E-state index in [2.05, 4.69) is 4.90 Å². The third-order valence-corrected chi connectivity index (χ3v) is 3.05. The van der Waals surface area contributed by atoms with Gasteiger partial charge in [0.25, 0.3) is 0 Å². The molecule has 1 heterocycles. The standard InChI is InChI=1S/C13H18FNO2/c1-9-5-10(7-11(14)6-9)13(16)12-8-15(2)3-4-17-12/h5-7,12-13,16H,3-4,8H2,1-2H3. The Hall–Kier alpha value is -0.970. The molecule has 0 saturated carbocycles. The van der Waals surface area contributed by atoms with Crippen LogP contribution in [0.25, 0.3) is 0 Å². The van der Waals surface area contributed by atoms with Crippen molar-refractivity contribution < 1.29 is 14.2 Å². The van der Waals surface area contributed by atoms with Crippen LogP contribution >= 0.6 is 0 Å². The lowest BCUT2D eigenvalue weighted by atomic mass is 10.0. The van der Waals surface area contributed by atoms with Crippen molar-refractivity contribution in [2.75, 3.05) is 26.7 Å². The van der Waals surface area contributed by atoms with Crippen molar-refractivity contribution in [1.82, 2.24) is 4.90 Å². The highest BCUT2D eigenvalue weighted by Crippen LogP contribution is 2.23. The second kappa shape index (κ2) is 5.12.